The number of aliphatic carboxylic acids is 1. The summed E-state index contributed by atoms with van der Waals surface area (Å²) in [7, 11) is 0. The summed E-state index contributed by atoms with van der Waals surface area (Å²) in [5.41, 5.74) is 15.7. The lowest BCUT2D eigenvalue weighted by molar-refractivity contribution is -0.131. The molecular formula is C35H46N5O3-. The third-order valence-corrected chi connectivity index (χ3v) is 8.69. The number of unbranched alkanes of at least 4 members (excludes halogenated alkanes) is 5. The molecule has 3 atom stereocenters. The number of nitrogens with two attached hydrogens (primary N) is 2. The van der Waals surface area contributed by atoms with Crippen LogP contribution in [0.25, 0.3) is 16.1 Å². The van der Waals surface area contributed by atoms with Gasteiger partial charge in [-0.05, 0) is 76.6 Å². The van der Waals surface area contributed by atoms with Crippen molar-refractivity contribution >= 4 is 34.8 Å². The van der Waals surface area contributed by atoms with E-state index in [0.29, 0.717) is 36.1 Å². The molecule has 1 aliphatic rings. The van der Waals surface area contributed by atoms with Gasteiger partial charge in [0, 0.05) is 12.5 Å². The zero-order valence-electron chi connectivity index (χ0n) is 25.3. The summed E-state index contributed by atoms with van der Waals surface area (Å²) >= 11 is 0. The number of rotatable bonds is 17. The van der Waals surface area contributed by atoms with Gasteiger partial charge >= 0.3 is 5.97 Å². The number of carboxylic acid groups (broad SMARTS) is 1. The van der Waals surface area contributed by atoms with E-state index < -0.39 is 12.0 Å². The van der Waals surface area contributed by atoms with Crippen molar-refractivity contribution in [2.24, 2.45) is 22.4 Å². The summed E-state index contributed by atoms with van der Waals surface area (Å²) in [5, 5.41) is 17.1. The van der Waals surface area contributed by atoms with Gasteiger partial charge in [-0.3, -0.25) is 0 Å². The molecule has 2 aromatic carbocycles. The molecule has 1 heterocycles. The Morgan fingerprint density at radius 2 is 1.93 bits per heavy atom. The van der Waals surface area contributed by atoms with Crippen LogP contribution >= 0.6 is 0 Å². The summed E-state index contributed by atoms with van der Waals surface area (Å²) < 4.78 is 0. The standard InChI is InChI=1S/C35H46N5O3/c1-2-3-4-5-6-7-9-30-27(14-13-26-19-25-12-11-24(15-17-41)18-28(25)20-31(26)30)21-32(40-33-10-8-16-38-33)29(22-34(42)43)23-39-35(36)37/h8,10-12,16-20,22,27,30,32,38H,2-7,9,13-15,21,23H2,1H3,(H,42,43)(H4,36,37,39)/q-1. The van der Waals surface area contributed by atoms with E-state index in [1.165, 1.54) is 60.1 Å². The van der Waals surface area contributed by atoms with Gasteiger partial charge < -0.3 is 31.7 Å². The number of nitrogens with one attached hydrogen (secondary N) is 1. The Hall–Kier alpha value is -4.07. The van der Waals surface area contributed by atoms with Gasteiger partial charge in [0.25, 0.3) is 0 Å². The minimum Gasteiger partial charge on any atom is -0.478 e. The van der Waals surface area contributed by atoms with E-state index in [1.807, 2.05) is 24.4 Å². The first-order chi connectivity index (χ1) is 20.9. The van der Waals surface area contributed by atoms with Crippen LogP contribution in [0, 0.1) is 5.92 Å². The number of carboxylic acids is 1. The summed E-state index contributed by atoms with van der Waals surface area (Å²) in [6.07, 6.45) is 15.5. The van der Waals surface area contributed by atoms with Crippen molar-refractivity contribution in [3.63, 3.8) is 0 Å². The lowest BCUT2D eigenvalue weighted by atomic mass is 9.69. The van der Waals surface area contributed by atoms with Crippen molar-refractivity contribution in [2.45, 2.75) is 89.5 Å². The molecule has 6 N–H and O–H groups in total. The molecule has 1 aliphatic carbocycles. The summed E-state index contributed by atoms with van der Waals surface area (Å²) in [6.45, 7) is 2.32. The van der Waals surface area contributed by atoms with E-state index in [4.69, 9.17) is 16.8 Å². The number of guanidine groups is 1. The van der Waals surface area contributed by atoms with Gasteiger partial charge in [0.2, 0.25) is 0 Å². The van der Waals surface area contributed by atoms with Crippen molar-refractivity contribution in [3.05, 3.63) is 82.3 Å². The summed E-state index contributed by atoms with van der Waals surface area (Å²) in [6, 6.07) is 14.4. The Kier molecular flexibility index (Phi) is 11.8. The van der Waals surface area contributed by atoms with Crippen LogP contribution in [-0.4, -0.2) is 40.9 Å². The van der Waals surface area contributed by atoms with Crippen molar-refractivity contribution in [1.82, 2.24) is 4.98 Å². The first-order valence-corrected chi connectivity index (χ1v) is 15.7. The highest BCUT2D eigenvalue weighted by molar-refractivity contribution is 5.86. The highest BCUT2D eigenvalue weighted by Gasteiger charge is 2.31. The monoisotopic (exact) mass is 584 g/mol. The van der Waals surface area contributed by atoms with Crippen molar-refractivity contribution in [2.75, 3.05) is 6.54 Å². The third kappa shape index (κ3) is 9.21. The Morgan fingerprint density at radius 3 is 2.65 bits per heavy atom. The molecule has 0 bridgehead atoms. The fraction of sp³-hybridized carbons (Fsp3) is 0.457. The molecule has 0 aliphatic heterocycles. The number of nitrogens with zero attached hydrogens (tertiary/aromatic N) is 2. The summed E-state index contributed by atoms with van der Waals surface area (Å²) in [5.74, 6) is 0.206. The lowest BCUT2D eigenvalue weighted by Crippen LogP contribution is -2.28. The molecule has 3 aromatic rings. The number of aldehydes is 1. The average molecular weight is 585 g/mol. The van der Waals surface area contributed by atoms with E-state index in [2.05, 4.69) is 41.2 Å². The fourth-order valence-corrected chi connectivity index (χ4v) is 6.54. The molecule has 0 saturated carbocycles. The Balaban J connectivity index is 1.68. The zero-order valence-corrected chi connectivity index (χ0v) is 25.3. The molecule has 0 spiro atoms. The number of fused-ring (bicyclic) bond motifs is 2. The van der Waals surface area contributed by atoms with Gasteiger partial charge in [-0.25, -0.2) is 9.79 Å². The molecule has 43 heavy (non-hydrogen) atoms. The zero-order chi connectivity index (χ0) is 30.6. The molecule has 8 nitrogen and oxygen atoms in total. The maximum Gasteiger partial charge on any atom is 0.328 e. The van der Waals surface area contributed by atoms with Crippen molar-refractivity contribution in [1.29, 1.82) is 0 Å². The molecule has 1 aromatic heterocycles. The number of H-pyrrole nitrogens is 1. The number of aryl methyl sites for hydroxylation is 1. The molecule has 0 saturated heterocycles. The number of aliphatic imine (C=N–C) groups is 1. The minimum absolute atomic E-state index is 0.0803. The van der Waals surface area contributed by atoms with E-state index in [0.717, 1.165) is 37.5 Å². The van der Waals surface area contributed by atoms with Crippen LogP contribution in [0.4, 0.5) is 5.82 Å². The van der Waals surface area contributed by atoms with Crippen LogP contribution in [0.5, 0.6) is 0 Å². The van der Waals surface area contributed by atoms with E-state index in [1.54, 1.807) is 0 Å². The molecular weight excluding hydrogens is 538 g/mol. The maximum atomic E-state index is 11.9. The van der Waals surface area contributed by atoms with Crippen LogP contribution in [0.3, 0.4) is 0 Å². The van der Waals surface area contributed by atoms with Gasteiger partial charge in [0.1, 0.15) is 6.29 Å². The van der Waals surface area contributed by atoms with Crippen LogP contribution in [0.2, 0.25) is 0 Å². The average Bonchev–Trinajstić information content (AvgIpc) is 3.49. The van der Waals surface area contributed by atoms with Crippen LogP contribution in [-0.2, 0) is 22.4 Å². The van der Waals surface area contributed by atoms with E-state index in [-0.39, 0.29) is 12.5 Å². The predicted molar refractivity (Wildman–Crippen MR) is 175 cm³/mol. The van der Waals surface area contributed by atoms with Crippen LogP contribution in [0.15, 0.2) is 65.3 Å². The molecule has 8 heteroatoms. The van der Waals surface area contributed by atoms with Crippen LogP contribution < -0.4 is 11.5 Å². The highest BCUT2D eigenvalue weighted by atomic mass is 16.4. The maximum absolute atomic E-state index is 11.9. The Morgan fingerprint density at radius 1 is 1.12 bits per heavy atom. The largest absolute Gasteiger partial charge is 0.478 e. The van der Waals surface area contributed by atoms with Gasteiger partial charge in [0.15, 0.2) is 5.96 Å². The van der Waals surface area contributed by atoms with Gasteiger partial charge in [-0.2, -0.15) is 0 Å². The molecule has 0 fully saturated rings. The van der Waals surface area contributed by atoms with Crippen LogP contribution in [0.1, 0.15) is 87.3 Å². The lowest BCUT2D eigenvalue weighted by Gasteiger charge is -2.38. The number of hydrogen-bond donors (Lipinski definition) is 4. The quantitative estimate of drug-likeness (QED) is 0.0441. The van der Waals surface area contributed by atoms with Gasteiger partial charge in [-0.1, -0.05) is 99.9 Å². The number of hydrogen-bond acceptors (Lipinski definition) is 3. The number of benzene rings is 2. The topological polar surface area (TPSA) is 149 Å². The van der Waals surface area contributed by atoms with Crippen molar-refractivity contribution in [3.8, 4) is 0 Å². The third-order valence-electron chi connectivity index (χ3n) is 8.69. The molecule has 230 valence electrons. The molecule has 0 radical (unpaired) electrons. The number of carbonyl (C=O) groups is 2. The molecule has 0 amide bonds. The normalized spacial score (nSPS) is 17.3. The van der Waals surface area contributed by atoms with Gasteiger partial charge in [-0.15, -0.1) is 0 Å². The van der Waals surface area contributed by atoms with Crippen molar-refractivity contribution < 1.29 is 14.7 Å². The first kappa shape index (κ1) is 31.9. The Bertz CT molecular complexity index is 1410. The summed E-state index contributed by atoms with van der Waals surface area (Å²) in [4.78, 5) is 30.4. The van der Waals surface area contributed by atoms with E-state index >= 15 is 0 Å². The molecule has 4 rings (SSSR count). The minimum atomic E-state index is -1.04. The number of carbonyl (C=O) groups excluding carboxylic acids is 1. The SMILES string of the molecule is CCCCCCCCC1c2cc3cc(CC=O)ccc3cc2CCC1CC([N-]c1ccc[nH]1)C(=CC(=O)O)CN=C(N)N. The fourth-order valence-electron chi connectivity index (χ4n) is 6.54. The number of aromatic amines is 1. The highest BCUT2D eigenvalue weighted by Crippen LogP contribution is 2.45. The van der Waals surface area contributed by atoms with Gasteiger partial charge in [0.05, 0.1) is 6.54 Å². The molecule has 3 unspecified atom stereocenters. The van der Waals surface area contributed by atoms with E-state index in [9.17, 15) is 14.7 Å². The number of aromatic nitrogens is 1. The Labute approximate surface area is 255 Å². The second kappa shape index (κ2) is 16.0. The second-order valence-electron chi connectivity index (χ2n) is 11.8. The smallest absolute Gasteiger partial charge is 0.328 e. The second-order valence-corrected chi connectivity index (χ2v) is 11.8. The predicted octanol–water partition coefficient (Wildman–Crippen LogP) is 7.05. The first-order valence-electron chi connectivity index (χ1n) is 15.7.